The molecule has 0 radical (unpaired) electrons. The predicted octanol–water partition coefficient (Wildman–Crippen LogP) is 3.13. The van der Waals surface area contributed by atoms with Gasteiger partial charge in [0.1, 0.15) is 12.4 Å². The van der Waals surface area contributed by atoms with E-state index < -0.39 is 0 Å². The molecule has 2 unspecified atom stereocenters. The van der Waals surface area contributed by atoms with Crippen LogP contribution in [0.2, 0.25) is 5.02 Å². The van der Waals surface area contributed by atoms with Crippen molar-refractivity contribution < 1.29 is 9.53 Å². The molecule has 26 heavy (non-hydrogen) atoms. The normalized spacial score (nSPS) is 17.4. The Morgan fingerprint density at radius 3 is 2.38 bits per heavy atom. The molecule has 8 heteroatoms. The van der Waals surface area contributed by atoms with Crippen LogP contribution in [0.15, 0.2) is 24.3 Å². The van der Waals surface area contributed by atoms with Crippen LogP contribution in [0.3, 0.4) is 0 Å². The zero-order valence-electron chi connectivity index (χ0n) is 15.3. The minimum absolute atomic E-state index is 0. The van der Waals surface area contributed by atoms with Crippen LogP contribution in [0.4, 0.5) is 0 Å². The summed E-state index contributed by atoms with van der Waals surface area (Å²) in [6.45, 7) is 7.24. The molecule has 0 saturated carbocycles. The lowest BCUT2D eigenvalue weighted by Crippen LogP contribution is -2.48. The van der Waals surface area contributed by atoms with Crippen molar-refractivity contribution in [2.45, 2.75) is 38.8 Å². The third-order valence-electron chi connectivity index (χ3n) is 4.63. The lowest BCUT2D eigenvalue weighted by molar-refractivity contribution is -0.126. The van der Waals surface area contributed by atoms with Crippen LogP contribution in [-0.4, -0.2) is 49.1 Å². The molecule has 1 aliphatic rings. The van der Waals surface area contributed by atoms with Crippen molar-refractivity contribution in [1.82, 2.24) is 10.2 Å². The topological polar surface area (TPSA) is 67.6 Å². The molecule has 1 saturated heterocycles. The van der Waals surface area contributed by atoms with Gasteiger partial charge in [0.05, 0.1) is 0 Å². The van der Waals surface area contributed by atoms with Crippen LogP contribution in [0.25, 0.3) is 0 Å². The summed E-state index contributed by atoms with van der Waals surface area (Å²) in [7, 11) is 0. The molecule has 1 heterocycles. The van der Waals surface area contributed by atoms with E-state index in [1.54, 1.807) is 0 Å². The maximum absolute atomic E-state index is 12.1. The first-order chi connectivity index (χ1) is 11.5. The summed E-state index contributed by atoms with van der Waals surface area (Å²) in [6.07, 6.45) is 1.94. The number of ether oxygens (including phenoxy) is 1. The number of carbonyl (C=O) groups is 1. The second-order valence-electron chi connectivity index (χ2n) is 6.57. The van der Waals surface area contributed by atoms with Crippen LogP contribution in [0, 0.1) is 5.92 Å². The number of amides is 1. The Balaban J connectivity index is 0.00000312. The highest BCUT2D eigenvalue weighted by Gasteiger charge is 2.24. The first kappa shape index (κ1) is 25.3. The van der Waals surface area contributed by atoms with E-state index in [1.165, 1.54) is 0 Å². The van der Waals surface area contributed by atoms with Gasteiger partial charge in [-0.2, -0.15) is 0 Å². The van der Waals surface area contributed by atoms with Crippen molar-refractivity contribution in [1.29, 1.82) is 0 Å². The molecule has 0 aliphatic carbocycles. The van der Waals surface area contributed by atoms with Crippen molar-refractivity contribution >= 4 is 42.3 Å². The second kappa shape index (κ2) is 12.6. The summed E-state index contributed by atoms with van der Waals surface area (Å²) in [5.41, 5.74) is 5.78. The fourth-order valence-electron chi connectivity index (χ4n) is 2.70. The number of benzene rings is 1. The van der Waals surface area contributed by atoms with Gasteiger partial charge in [-0.1, -0.05) is 18.5 Å². The molecule has 1 fully saturated rings. The van der Waals surface area contributed by atoms with Crippen molar-refractivity contribution in [3.05, 3.63) is 29.3 Å². The number of nitrogens with zero attached hydrogens (tertiary/aromatic N) is 1. The van der Waals surface area contributed by atoms with Gasteiger partial charge in [0.15, 0.2) is 0 Å². The third-order valence-corrected chi connectivity index (χ3v) is 4.88. The molecule has 1 aliphatic heterocycles. The van der Waals surface area contributed by atoms with E-state index in [0.717, 1.165) is 38.2 Å². The molecular weight excluding hydrogens is 397 g/mol. The zero-order valence-corrected chi connectivity index (χ0v) is 17.7. The van der Waals surface area contributed by atoms with E-state index in [2.05, 4.69) is 10.2 Å². The van der Waals surface area contributed by atoms with Gasteiger partial charge in [-0.25, -0.2) is 0 Å². The standard InChI is InChI=1S/C18H28ClN3O2.2ClH/c1-13(14(2)20)18(23)21-16-7-9-22(10-8-16)11-12-24-17-5-3-15(19)4-6-17;;/h3-6,13-14,16H,7-12,20H2,1-2H3,(H,21,23);2*1H. The first-order valence-electron chi connectivity index (χ1n) is 8.62. The van der Waals surface area contributed by atoms with Crippen LogP contribution in [0.5, 0.6) is 5.75 Å². The Morgan fingerprint density at radius 1 is 1.27 bits per heavy atom. The summed E-state index contributed by atoms with van der Waals surface area (Å²) in [5, 5.41) is 3.83. The highest BCUT2D eigenvalue weighted by Crippen LogP contribution is 2.16. The summed E-state index contributed by atoms with van der Waals surface area (Å²) in [6, 6.07) is 7.55. The summed E-state index contributed by atoms with van der Waals surface area (Å²) in [4.78, 5) is 14.4. The fourth-order valence-corrected chi connectivity index (χ4v) is 2.82. The van der Waals surface area contributed by atoms with Gasteiger partial charge in [0.25, 0.3) is 0 Å². The van der Waals surface area contributed by atoms with Crippen LogP contribution in [0.1, 0.15) is 26.7 Å². The van der Waals surface area contributed by atoms with Gasteiger partial charge in [-0.05, 0) is 44.0 Å². The molecule has 1 aromatic carbocycles. The van der Waals surface area contributed by atoms with Crippen LogP contribution >= 0.6 is 36.4 Å². The SMILES string of the molecule is CC(N)C(C)C(=O)NC1CCN(CCOc2ccc(Cl)cc2)CC1.Cl.Cl. The van der Waals surface area contributed by atoms with Gasteiger partial charge in [0.2, 0.25) is 5.91 Å². The lowest BCUT2D eigenvalue weighted by atomic mass is 10.0. The Kier molecular flexibility index (Phi) is 12.3. The summed E-state index contributed by atoms with van der Waals surface area (Å²) >= 11 is 5.85. The van der Waals surface area contributed by atoms with Gasteiger partial charge in [-0.3, -0.25) is 9.69 Å². The average molecular weight is 427 g/mol. The Bertz CT molecular complexity index is 521. The molecule has 1 amide bonds. The Hall–Kier alpha value is -0.720. The number of hydrogen-bond donors (Lipinski definition) is 2. The smallest absolute Gasteiger partial charge is 0.224 e. The zero-order chi connectivity index (χ0) is 17.5. The minimum Gasteiger partial charge on any atom is -0.492 e. The average Bonchev–Trinajstić information content (AvgIpc) is 2.57. The number of nitrogens with two attached hydrogens (primary N) is 1. The van der Waals surface area contributed by atoms with E-state index in [0.29, 0.717) is 11.6 Å². The number of likely N-dealkylation sites (tertiary alicyclic amines) is 1. The molecule has 0 spiro atoms. The molecule has 0 bridgehead atoms. The van der Waals surface area contributed by atoms with Crippen molar-refractivity contribution in [2.75, 3.05) is 26.2 Å². The number of nitrogens with one attached hydrogen (secondary N) is 1. The molecule has 150 valence electrons. The number of halogens is 3. The number of hydrogen-bond acceptors (Lipinski definition) is 4. The van der Waals surface area contributed by atoms with E-state index in [9.17, 15) is 4.79 Å². The fraction of sp³-hybridized carbons (Fsp3) is 0.611. The molecular formula is C18H30Cl3N3O2. The van der Waals surface area contributed by atoms with E-state index in [4.69, 9.17) is 22.1 Å². The first-order valence-corrected chi connectivity index (χ1v) is 9.00. The van der Waals surface area contributed by atoms with Gasteiger partial charge >= 0.3 is 0 Å². The minimum atomic E-state index is -0.143. The third kappa shape index (κ3) is 8.31. The molecule has 2 rings (SSSR count). The van der Waals surface area contributed by atoms with Crippen molar-refractivity contribution in [3.63, 3.8) is 0 Å². The van der Waals surface area contributed by atoms with Gasteiger partial charge in [-0.15, -0.1) is 24.8 Å². The molecule has 1 aromatic rings. The van der Waals surface area contributed by atoms with Crippen LogP contribution in [-0.2, 0) is 4.79 Å². The highest BCUT2D eigenvalue weighted by atomic mass is 35.5. The molecule has 2 atom stereocenters. The predicted molar refractivity (Wildman–Crippen MR) is 112 cm³/mol. The van der Waals surface area contributed by atoms with Crippen molar-refractivity contribution in [2.24, 2.45) is 11.7 Å². The maximum Gasteiger partial charge on any atom is 0.224 e. The number of carbonyl (C=O) groups excluding carboxylic acids is 1. The monoisotopic (exact) mass is 425 g/mol. The second-order valence-corrected chi connectivity index (χ2v) is 7.01. The van der Waals surface area contributed by atoms with E-state index in [-0.39, 0.29) is 48.7 Å². The number of rotatable bonds is 7. The molecule has 5 nitrogen and oxygen atoms in total. The number of piperidine rings is 1. The quantitative estimate of drug-likeness (QED) is 0.703. The molecule has 3 N–H and O–H groups in total. The maximum atomic E-state index is 12.1. The Morgan fingerprint density at radius 2 is 1.85 bits per heavy atom. The summed E-state index contributed by atoms with van der Waals surface area (Å²) < 4.78 is 5.73. The van der Waals surface area contributed by atoms with E-state index in [1.807, 2.05) is 38.1 Å². The van der Waals surface area contributed by atoms with Crippen LogP contribution < -0.4 is 15.8 Å². The van der Waals surface area contributed by atoms with Gasteiger partial charge in [0, 0.05) is 42.7 Å². The Labute approximate surface area is 173 Å². The summed E-state index contributed by atoms with van der Waals surface area (Å²) in [5.74, 6) is 0.761. The van der Waals surface area contributed by atoms with E-state index >= 15 is 0 Å². The highest BCUT2D eigenvalue weighted by molar-refractivity contribution is 6.30. The van der Waals surface area contributed by atoms with Gasteiger partial charge < -0.3 is 15.8 Å². The lowest BCUT2D eigenvalue weighted by Gasteiger charge is -2.33. The van der Waals surface area contributed by atoms with Crippen molar-refractivity contribution in [3.8, 4) is 5.75 Å². The molecule has 0 aromatic heterocycles. The largest absolute Gasteiger partial charge is 0.492 e.